The number of aliphatic hydroxyl groups is 1. The van der Waals surface area contributed by atoms with Crippen molar-refractivity contribution in [1.82, 2.24) is 0 Å². The van der Waals surface area contributed by atoms with Crippen LogP contribution in [-0.2, 0) is 12.0 Å². The third kappa shape index (κ3) is 2.48. The first-order valence-electron chi connectivity index (χ1n) is 4.76. The van der Waals surface area contributed by atoms with Gasteiger partial charge in [-0.2, -0.15) is 0 Å². The minimum absolute atomic E-state index is 0.0558. The fraction of sp³-hybridized carbons (Fsp3) is 0.500. The summed E-state index contributed by atoms with van der Waals surface area (Å²) in [5.41, 5.74) is 2.16. The van der Waals surface area contributed by atoms with Gasteiger partial charge in [0, 0.05) is 0 Å². The van der Waals surface area contributed by atoms with Crippen LogP contribution in [0, 0.1) is 0 Å². The van der Waals surface area contributed by atoms with E-state index in [9.17, 15) is 0 Å². The molecule has 0 aliphatic rings. The number of benzene rings is 1. The first kappa shape index (κ1) is 11.1. The fourth-order valence-corrected chi connectivity index (χ4v) is 1.30. The van der Waals surface area contributed by atoms with E-state index in [1.807, 2.05) is 18.2 Å². The summed E-state index contributed by atoms with van der Waals surface area (Å²) >= 11 is 0. The molecule has 0 radical (unpaired) electrons. The molecular formula is C12H18O2. The summed E-state index contributed by atoms with van der Waals surface area (Å²) in [4.78, 5) is 0. The lowest BCUT2D eigenvalue weighted by Gasteiger charge is -2.20. The van der Waals surface area contributed by atoms with Crippen LogP contribution >= 0.6 is 0 Å². The predicted molar refractivity (Wildman–Crippen MR) is 57.6 cm³/mol. The van der Waals surface area contributed by atoms with Crippen molar-refractivity contribution in [1.29, 1.82) is 0 Å². The van der Waals surface area contributed by atoms with Gasteiger partial charge in [0.2, 0.25) is 0 Å². The molecule has 2 nitrogen and oxygen atoms in total. The number of methoxy groups -OCH3 is 1. The van der Waals surface area contributed by atoms with Gasteiger partial charge in [0.25, 0.3) is 0 Å². The molecule has 0 fully saturated rings. The second-order valence-corrected chi connectivity index (χ2v) is 4.48. The minimum Gasteiger partial charge on any atom is -0.497 e. The molecule has 1 N–H and O–H groups in total. The second kappa shape index (κ2) is 4.01. The van der Waals surface area contributed by atoms with Crippen LogP contribution < -0.4 is 4.74 Å². The van der Waals surface area contributed by atoms with E-state index in [-0.39, 0.29) is 12.0 Å². The zero-order valence-electron chi connectivity index (χ0n) is 9.29. The SMILES string of the molecule is COc1cc(CO)cc(C(C)(C)C)c1. The Balaban J connectivity index is 3.17. The monoisotopic (exact) mass is 194 g/mol. The molecule has 0 aliphatic carbocycles. The Labute approximate surface area is 85.5 Å². The molecule has 0 spiro atoms. The molecule has 78 valence electrons. The summed E-state index contributed by atoms with van der Waals surface area (Å²) in [6.07, 6.45) is 0. The highest BCUT2D eigenvalue weighted by molar-refractivity contribution is 5.37. The van der Waals surface area contributed by atoms with E-state index in [1.54, 1.807) is 7.11 Å². The zero-order valence-corrected chi connectivity index (χ0v) is 9.29. The van der Waals surface area contributed by atoms with E-state index >= 15 is 0 Å². The number of ether oxygens (including phenoxy) is 1. The molecule has 1 aromatic rings. The van der Waals surface area contributed by atoms with E-state index < -0.39 is 0 Å². The fourth-order valence-electron chi connectivity index (χ4n) is 1.30. The van der Waals surface area contributed by atoms with E-state index in [0.717, 1.165) is 11.3 Å². The summed E-state index contributed by atoms with van der Waals surface area (Å²) < 4.78 is 5.18. The highest BCUT2D eigenvalue weighted by atomic mass is 16.5. The quantitative estimate of drug-likeness (QED) is 0.783. The second-order valence-electron chi connectivity index (χ2n) is 4.48. The van der Waals surface area contributed by atoms with Crippen molar-refractivity contribution in [2.24, 2.45) is 0 Å². The third-order valence-corrected chi connectivity index (χ3v) is 2.25. The normalized spacial score (nSPS) is 11.5. The van der Waals surface area contributed by atoms with Crippen molar-refractivity contribution in [2.75, 3.05) is 7.11 Å². The Hall–Kier alpha value is -1.02. The molecule has 0 amide bonds. The van der Waals surface area contributed by atoms with Gasteiger partial charge in [-0.05, 0) is 28.7 Å². The number of aliphatic hydroxyl groups excluding tert-OH is 1. The Morgan fingerprint density at radius 2 is 1.86 bits per heavy atom. The Kier molecular flexibility index (Phi) is 3.17. The van der Waals surface area contributed by atoms with Gasteiger partial charge < -0.3 is 9.84 Å². The van der Waals surface area contributed by atoms with Crippen LogP contribution in [0.15, 0.2) is 18.2 Å². The Morgan fingerprint density at radius 1 is 1.21 bits per heavy atom. The summed E-state index contributed by atoms with van der Waals surface area (Å²) in [5, 5.41) is 9.09. The van der Waals surface area contributed by atoms with Crippen molar-refractivity contribution in [3.8, 4) is 5.75 Å². The molecule has 1 aromatic carbocycles. The van der Waals surface area contributed by atoms with Crippen molar-refractivity contribution < 1.29 is 9.84 Å². The summed E-state index contributed by atoms with van der Waals surface area (Å²) in [7, 11) is 1.64. The van der Waals surface area contributed by atoms with E-state index in [0.29, 0.717) is 0 Å². The van der Waals surface area contributed by atoms with E-state index in [2.05, 4.69) is 20.8 Å². The molecule has 0 saturated carbocycles. The highest BCUT2D eigenvalue weighted by Crippen LogP contribution is 2.27. The number of hydrogen-bond donors (Lipinski definition) is 1. The van der Waals surface area contributed by atoms with Gasteiger partial charge in [-0.25, -0.2) is 0 Å². The number of rotatable bonds is 2. The topological polar surface area (TPSA) is 29.5 Å². The van der Waals surface area contributed by atoms with Gasteiger partial charge in [-0.1, -0.05) is 26.8 Å². The van der Waals surface area contributed by atoms with Crippen molar-refractivity contribution >= 4 is 0 Å². The molecule has 0 atom stereocenters. The zero-order chi connectivity index (χ0) is 10.8. The van der Waals surface area contributed by atoms with Crippen LogP contribution in [0.3, 0.4) is 0 Å². The van der Waals surface area contributed by atoms with Crippen molar-refractivity contribution in [3.63, 3.8) is 0 Å². The van der Waals surface area contributed by atoms with Gasteiger partial charge in [0.15, 0.2) is 0 Å². The third-order valence-electron chi connectivity index (χ3n) is 2.25. The highest BCUT2D eigenvalue weighted by Gasteiger charge is 2.15. The summed E-state index contributed by atoms with van der Waals surface area (Å²) in [5.74, 6) is 0.807. The lowest BCUT2D eigenvalue weighted by molar-refractivity contribution is 0.280. The van der Waals surface area contributed by atoms with Gasteiger partial charge in [-0.3, -0.25) is 0 Å². The van der Waals surface area contributed by atoms with Crippen LogP contribution in [0.5, 0.6) is 5.75 Å². The molecule has 2 heteroatoms. The molecular weight excluding hydrogens is 176 g/mol. The van der Waals surface area contributed by atoms with Crippen molar-refractivity contribution in [3.05, 3.63) is 29.3 Å². The number of hydrogen-bond acceptors (Lipinski definition) is 2. The average Bonchev–Trinajstić information content (AvgIpc) is 2.15. The van der Waals surface area contributed by atoms with Gasteiger partial charge in [0.1, 0.15) is 5.75 Å². The summed E-state index contributed by atoms with van der Waals surface area (Å²) in [6.45, 7) is 6.48. The molecule has 0 bridgehead atoms. The Bertz CT molecular complexity index is 288. The molecule has 0 unspecified atom stereocenters. The molecule has 0 aliphatic heterocycles. The van der Waals surface area contributed by atoms with Crippen LogP contribution in [0.2, 0.25) is 0 Å². The van der Waals surface area contributed by atoms with Crippen molar-refractivity contribution in [2.45, 2.75) is 32.8 Å². The van der Waals surface area contributed by atoms with Gasteiger partial charge in [-0.15, -0.1) is 0 Å². The maximum absolute atomic E-state index is 9.09. The van der Waals surface area contributed by atoms with E-state index in [1.165, 1.54) is 5.56 Å². The average molecular weight is 194 g/mol. The lowest BCUT2D eigenvalue weighted by atomic mass is 9.86. The first-order valence-corrected chi connectivity index (χ1v) is 4.76. The molecule has 0 saturated heterocycles. The standard InChI is InChI=1S/C12H18O2/c1-12(2,3)10-5-9(8-13)6-11(7-10)14-4/h5-7,13H,8H2,1-4H3. The Morgan fingerprint density at radius 3 is 2.29 bits per heavy atom. The smallest absolute Gasteiger partial charge is 0.119 e. The van der Waals surface area contributed by atoms with Gasteiger partial charge >= 0.3 is 0 Å². The van der Waals surface area contributed by atoms with Crippen LogP contribution in [0.25, 0.3) is 0 Å². The maximum Gasteiger partial charge on any atom is 0.119 e. The lowest BCUT2D eigenvalue weighted by Crippen LogP contribution is -2.11. The minimum atomic E-state index is 0.0558. The first-order chi connectivity index (χ1) is 6.47. The van der Waals surface area contributed by atoms with E-state index in [4.69, 9.17) is 9.84 Å². The van der Waals surface area contributed by atoms with Crippen LogP contribution in [0.1, 0.15) is 31.9 Å². The van der Waals surface area contributed by atoms with Crippen LogP contribution in [0.4, 0.5) is 0 Å². The molecule has 0 aromatic heterocycles. The summed E-state index contributed by atoms with van der Waals surface area (Å²) in [6, 6.07) is 5.89. The predicted octanol–water partition coefficient (Wildman–Crippen LogP) is 2.49. The molecule has 0 heterocycles. The maximum atomic E-state index is 9.09. The largest absolute Gasteiger partial charge is 0.497 e. The van der Waals surface area contributed by atoms with Crippen LogP contribution in [-0.4, -0.2) is 12.2 Å². The van der Waals surface area contributed by atoms with Gasteiger partial charge in [0.05, 0.1) is 13.7 Å². The molecule has 14 heavy (non-hydrogen) atoms. The molecule has 1 rings (SSSR count).